The monoisotopic (exact) mass is 368 g/mol. The van der Waals surface area contributed by atoms with E-state index in [1.807, 2.05) is 0 Å². The molecule has 0 aliphatic carbocycles. The number of aryl methyl sites for hydroxylation is 1. The van der Waals surface area contributed by atoms with E-state index in [9.17, 15) is 0 Å². The molecule has 20 heavy (non-hydrogen) atoms. The number of halogens is 1. The van der Waals surface area contributed by atoms with Crippen molar-refractivity contribution in [3.05, 3.63) is 35.4 Å². The van der Waals surface area contributed by atoms with Crippen LogP contribution in [-0.4, -0.2) is 3.22 Å². The normalized spacial score (nSPS) is 107. The zero-order valence-electron chi connectivity index (χ0n) is 11.4. The molecule has 0 nitrogen and oxygen atoms in total. The van der Waals surface area contributed by atoms with Crippen molar-refractivity contribution in [1.29, 1.82) is 0 Å². The molecule has 1 aromatic carbocycles. The zero-order valence-corrected chi connectivity index (χ0v) is 14.1. The first kappa shape index (κ1) is 8.18. The minimum absolute atomic E-state index is 0.895. The molecule has 8 unspecified atom stereocenters. The van der Waals surface area contributed by atoms with Crippen LogP contribution in [0.1, 0.15) is 11.1 Å². The van der Waals surface area contributed by atoms with Gasteiger partial charge >= 0.3 is 117 Å². The molecular formula is C18H17BrFe. The van der Waals surface area contributed by atoms with Gasteiger partial charge in [-0.25, -0.2) is 0 Å². The van der Waals surface area contributed by atoms with Crippen LogP contribution in [-0.2, 0) is 12.9 Å². The molecule has 0 N–H and O–H groups in total. The van der Waals surface area contributed by atoms with Gasteiger partial charge < -0.3 is 0 Å². The second-order valence-corrected chi connectivity index (χ2v) is 37.3. The SMILES string of the molecule is Cc1ccc(C[C]23[CH]4[CH]5[CH]6[CH]2[Fe]56432789[CH]3[CH]2[CH]7[C]8(Br)[CH]39)cc1. The van der Waals surface area contributed by atoms with Crippen LogP contribution < -0.4 is 0 Å². The zero-order chi connectivity index (χ0) is 12.6. The number of hydrogen-bond donors (Lipinski definition) is 0. The van der Waals surface area contributed by atoms with E-state index in [4.69, 9.17) is 0 Å². The Kier molecular flexibility index (Phi) is 0.307. The molecular weight excluding hydrogens is 352 g/mol. The molecule has 0 radical (unpaired) electrons. The molecule has 0 saturated carbocycles. The van der Waals surface area contributed by atoms with E-state index in [1.54, 1.807) is 5.56 Å². The molecule has 10 heterocycles. The average Bonchev–Trinajstić information content (AvgIpc) is 3.38. The van der Waals surface area contributed by atoms with Crippen molar-refractivity contribution in [2.45, 2.75) is 59.4 Å². The fraction of sp³-hybridized carbons (Fsp3) is 0.667. The Morgan fingerprint density at radius 1 is 0.950 bits per heavy atom. The van der Waals surface area contributed by atoms with Crippen LogP contribution >= 0.6 is 15.9 Å². The van der Waals surface area contributed by atoms with Crippen LogP contribution in [0.5, 0.6) is 0 Å². The molecule has 8 atom stereocenters. The summed E-state index contributed by atoms with van der Waals surface area (Å²) in [5, 5.41) is 0. The third-order valence-electron chi connectivity index (χ3n) is 16.5. The Labute approximate surface area is 117 Å². The summed E-state index contributed by atoms with van der Waals surface area (Å²) >= 11 is 4.49. The predicted octanol–water partition coefficient (Wildman–Crippen LogP) is 5.60. The van der Waals surface area contributed by atoms with E-state index < -0.39 is 6.51 Å². The third-order valence-corrected chi connectivity index (χ3v) is 67.0. The molecule has 104 valence electrons. The van der Waals surface area contributed by atoms with Gasteiger partial charge in [0.1, 0.15) is 0 Å². The summed E-state index contributed by atoms with van der Waals surface area (Å²) in [5.74, 6) is 0. The van der Waals surface area contributed by atoms with E-state index in [-0.39, 0.29) is 0 Å². The van der Waals surface area contributed by atoms with Gasteiger partial charge in [-0.05, 0) is 0 Å². The molecule has 2 heteroatoms. The first-order valence-electron chi connectivity index (χ1n) is 8.36. The summed E-state index contributed by atoms with van der Waals surface area (Å²) in [6, 6.07) is 9.62. The molecule has 10 aliphatic heterocycles. The fourth-order valence-electron chi connectivity index (χ4n) is 18.2. The van der Waals surface area contributed by atoms with Gasteiger partial charge in [-0.3, -0.25) is 0 Å². The van der Waals surface area contributed by atoms with Crippen LogP contribution in [0.4, 0.5) is 0 Å². The van der Waals surface area contributed by atoms with Gasteiger partial charge in [0.2, 0.25) is 0 Å². The van der Waals surface area contributed by atoms with Crippen LogP contribution in [0, 0.1) is 6.92 Å². The van der Waals surface area contributed by atoms with Crippen LogP contribution in [0.25, 0.3) is 0 Å². The second-order valence-electron chi connectivity index (χ2n) is 12.0. The summed E-state index contributed by atoms with van der Waals surface area (Å²) in [6.07, 6.45) is 1.53. The molecule has 0 aromatic heterocycles. The van der Waals surface area contributed by atoms with Gasteiger partial charge in [0.25, 0.3) is 0 Å². The maximum absolute atomic E-state index is 4.49. The average molecular weight is 369 g/mol. The van der Waals surface area contributed by atoms with Crippen molar-refractivity contribution in [2.24, 2.45) is 0 Å². The number of fused-ring (bicyclic) bond motifs is 10. The van der Waals surface area contributed by atoms with E-state index >= 15 is 0 Å². The van der Waals surface area contributed by atoms with Gasteiger partial charge in [0.15, 0.2) is 0 Å². The van der Waals surface area contributed by atoms with Gasteiger partial charge in [-0.2, -0.15) is 0 Å². The molecule has 10 fully saturated rings. The summed E-state index contributed by atoms with van der Waals surface area (Å²) in [4.78, 5) is 11.2. The molecule has 0 amide bonds. The molecule has 1 aromatic rings. The number of hydrogen-bond acceptors (Lipinski definition) is 0. The van der Waals surface area contributed by atoms with Crippen molar-refractivity contribution in [2.75, 3.05) is 0 Å². The van der Waals surface area contributed by atoms with Gasteiger partial charge in [-0.15, -0.1) is 0 Å². The van der Waals surface area contributed by atoms with E-state index in [0.717, 1.165) is 7.54 Å². The Morgan fingerprint density at radius 2 is 1.50 bits per heavy atom. The summed E-state index contributed by atoms with van der Waals surface area (Å²) in [7, 11) is 0. The van der Waals surface area contributed by atoms with Crippen LogP contribution in [0.2, 0.25) is 42.8 Å². The minimum atomic E-state index is -3.02. The third kappa shape index (κ3) is 0.0928. The maximum atomic E-state index is 4.49. The Bertz CT molecular complexity index is 1240. The fourth-order valence-corrected chi connectivity index (χ4v) is 106. The standard InChI is InChI=1S/C13H13.C5H4Br.Fe/c1-11-6-8-13(9-7-11)10-12-4-2-3-5-12;6-5-3-1-2-4-5;/h2-9H,10H2,1H3;1-4H;. The molecule has 1 spiro atoms. The van der Waals surface area contributed by atoms with Crippen LogP contribution in [0.15, 0.2) is 24.3 Å². The number of rotatable bonds is 2. The number of benzene rings is 1. The molecule has 0 bridgehead atoms. The molecule has 10 aliphatic rings. The first-order chi connectivity index (χ1) is 9.40. The Hall–Kier alpha value is 0.219. The summed E-state index contributed by atoms with van der Waals surface area (Å²) < 4.78 is 1.90. The molecule has 10 saturated heterocycles. The van der Waals surface area contributed by atoms with Crippen molar-refractivity contribution < 1.29 is 6.51 Å². The van der Waals surface area contributed by atoms with E-state index in [0.29, 0.717) is 0 Å². The van der Waals surface area contributed by atoms with Crippen molar-refractivity contribution in [3.8, 4) is 0 Å². The van der Waals surface area contributed by atoms with Crippen molar-refractivity contribution in [3.63, 3.8) is 0 Å². The van der Waals surface area contributed by atoms with Crippen molar-refractivity contribution >= 4 is 15.9 Å². The Balaban J connectivity index is 1.35. The predicted molar refractivity (Wildman–Crippen MR) is 79.2 cm³/mol. The van der Waals surface area contributed by atoms with Crippen molar-refractivity contribution in [1.82, 2.24) is 0 Å². The second kappa shape index (κ2) is 0.750. The van der Waals surface area contributed by atoms with Gasteiger partial charge in [0.05, 0.1) is 0 Å². The van der Waals surface area contributed by atoms with Gasteiger partial charge in [-0.1, -0.05) is 0 Å². The van der Waals surface area contributed by atoms with E-state index in [1.165, 1.54) is 50.5 Å². The van der Waals surface area contributed by atoms with Crippen LogP contribution in [0.3, 0.4) is 0 Å². The molecule has 11 rings (SSSR count). The Morgan fingerprint density at radius 3 is 1.85 bits per heavy atom. The quantitative estimate of drug-likeness (QED) is 0.470. The summed E-state index contributed by atoms with van der Waals surface area (Å²) in [5.41, 5.74) is 3.12. The topological polar surface area (TPSA) is 0 Å². The van der Waals surface area contributed by atoms with Gasteiger partial charge in [0, 0.05) is 0 Å². The first-order valence-corrected chi connectivity index (χ1v) is 15.4. The number of alkyl halides is 1. The summed E-state index contributed by atoms with van der Waals surface area (Å²) in [6.45, 7) is -0.793. The van der Waals surface area contributed by atoms with E-state index in [2.05, 4.69) is 47.1 Å².